The number of carbonyl (C=O) groups is 1. The van der Waals surface area contributed by atoms with Crippen LogP contribution in [0.4, 0.5) is 16.2 Å². The van der Waals surface area contributed by atoms with E-state index in [9.17, 15) is 4.79 Å². The predicted molar refractivity (Wildman–Crippen MR) is 78.4 cm³/mol. The molecule has 0 aliphatic carbocycles. The van der Waals surface area contributed by atoms with E-state index in [1.165, 1.54) is 0 Å². The average molecular weight is 276 g/mol. The number of amides is 2. The lowest BCUT2D eigenvalue weighted by Crippen LogP contribution is -2.33. The van der Waals surface area contributed by atoms with Gasteiger partial charge in [0, 0.05) is 5.69 Å². The van der Waals surface area contributed by atoms with Gasteiger partial charge in [-0.1, -0.05) is 35.9 Å². The fraction of sp³-hybridized carbons (Fsp3) is 0.0714. The number of para-hydroxylation sites is 1. The quantitative estimate of drug-likeness (QED) is 0.747. The molecule has 0 saturated carbocycles. The van der Waals surface area contributed by atoms with E-state index in [1.807, 2.05) is 43.3 Å². The maximum atomic E-state index is 11.7. The molecule has 0 fully saturated rings. The van der Waals surface area contributed by atoms with E-state index in [1.54, 1.807) is 12.1 Å². The zero-order valence-corrected chi connectivity index (χ0v) is 11.2. The normalized spacial score (nSPS) is 9.79. The van der Waals surface area contributed by atoms with Crippen molar-refractivity contribution in [2.75, 3.05) is 10.7 Å². The molecule has 2 rings (SSSR count). The number of aryl methyl sites for hydroxylation is 1. The summed E-state index contributed by atoms with van der Waals surface area (Å²) in [5.74, 6) is 0. The zero-order valence-electron chi connectivity index (χ0n) is 10.4. The van der Waals surface area contributed by atoms with E-state index in [2.05, 4.69) is 16.2 Å². The summed E-state index contributed by atoms with van der Waals surface area (Å²) in [4.78, 5) is 11.7. The van der Waals surface area contributed by atoms with Gasteiger partial charge < -0.3 is 5.32 Å². The molecule has 0 heterocycles. The predicted octanol–water partition coefficient (Wildman–Crippen LogP) is 3.80. The maximum absolute atomic E-state index is 11.7. The van der Waals surface area contributed by atoms with Crippen LogP contribution in [-0.4, -0.2) is 6.03 Å². The van der Waals surface area contributed by atoms with E-state index >= 15 is 0 Å². The number of urea groups is 1. The van der Waals surface area contributed by atoms with E-state index in [-0.39, 0.29) is 6.03 Å². The van der Waals surface area contributed by atoms with E-state index in [0.717, 1.165) is 11.3 Å². The first-order valence-electron chi connectivity index (χ1n) is 5.79. The molecular weight excluding hydrogens is 262 g/mol. The van der Waals surface area contributed by atoms with Crippen LogP contribution in [-0.2, 0) is 0 Å². The number of nitrogens with one attached hydrogen (secondary N) is 3. The van der Waals surface area contributed by atoms with Crippen molar-refractivity contribution in [2.24, 2.45) is 0 Å². The molecule has 0 radical (unpaired) electrons. The Morgan fingerprint density at radius 2 is 1.89 bits per heavy atom. The zero-order chi connectivity index (χ0) is 13.7. The number of hydrazine groups is 1. The third-order valence-corrected chi connectivity index (χ3v) is 2.79. The Hall–Kier alpha value is -2.20. The van der Waals surface area contributed by atoms with Crippen LogP contribution in [0, 0.1) is 6.92 Å². The Morgan fingerprint density at radius 1 is 1.11 bits per heavy atom. The Balaban J connectivity index is 1.90. The molecule has 0 aliphatic rings. The minimum absolute atomic E-state index is 0.356. The number of hydrogen-bond donors (Lipinski definition) is 3. The summed E-state index contributed by atoms with van der Waals surface area (Å²) in [6.45, 7) is 1.96. The Kier molecular flexibility index (Phi) is 4.26. The lowest BCUT2D eigenvalue weighted by Gasteiger charge is -2.11. The third kappa shape index (κ3) is 3.89. The van der Waals surface area contributed by atoms with Gasteiger partial charge in [0.15, 0.2) is 0 Å². The van der Waals surface area contributed by atoms with Crippen molar-refractivity contribution in [1.82, 2.24) is 5.43 Å². The standard InChI is InChI=1S/C14H14ClN3O/c1-10-5-4-6-11(9-10)16-14(19)18-17-13-8-3-2-7-12(13)15/h2-9,17H,1H3,(H2,16,18,19). The van der Waals surface area contributed by atoms with Gasteiger partial charge in [0.05, 0.1) is 10.7 Å². The second-order valence-electron chi connectivity index (χ2n) is 4.05. The van der Waals surface area contributed by atoms with Gasteiger partial charge >= 0.3 is 6.03 Å². The minimum atomic E-state index is -0.356. The maximum Gasteiger partial charge on any atom is 0.337 e. The summed E-state index contributed by atoms with van der Waals surface area (Å²) >= 11 is 5.95. The van der Waals surface area contributed by atoms with Crippen molar-refractivity contribution in [3.8, 4) is 0 Å². The summed E-state index contributed by atoms with van der Waals surface area (Å²) < 4.78 is 0. The minimum Gasteiger partial charge on any atom is -0.307 e. The van der Waals surface area contributed by atoms with Crippen molar-refractivity contribution in [3.63, 3.8) is 0 Å². The van der Waals surface area contributed by atoms with Crippen LogP contribution < -0.4 is 16.2 Å². The van der Waals surface area contributed by atoms with Crippen LogP contribution in [0.1, 0.15) is 5.56 Å². The van der Waals surface area contributed by atoms with Gasteiger partial charge in [-0.05, 0) is 36.8 Å². The summed E-state index contributed by atoms with van der Waals surface area (Å²) in [6, 6.07) is 14.4. The van der Waals surface area contributed by atoms with Gasteiger partial charge in [-0.3, -0.25) is 10.9 Å². The topological polar surface area (TPSA) is 53.2 Å². The molecule has 4 nitrogen and oxygen atoms in total. The highest BCUT2D eigenvalue weighted by Gasteiger charge is 2.02. The Morgan fingerprint density at radius 3 is 2.63 bits per heavy atom. The largest absolute Gasteiger partial charge is 0.337 e. The van der Waals surface area contributed by atoms with Crippen LogP contribution in [0.5, 0.6) is 0 Å². The SMILES string of the molecule is Cc1cccc(NC(=O)NNc2ccccc2Cl)c1. The Labute approximate surface area is 116 Å². The van der Waals surface area contributed by atoms with E-state index in [0.29, 0.717) is 10.7 Å². The second-order valence-corrected chi connectivity index (χ2v) is 4.46. The van der Waals surface area contributed by atoms with Crippen molar-refractivity contribution in [2.45, 2.75) is 6.92 Å². The van der Waals surface area contributed by atoms with Crippen molar-refractivity contribution in [1.29, 1.82) is 0 Å². The third-order valence-electron chi connectivity index (χ3n) is 2.46. The molecule has 98 valence electrons. The van der Waals surface area contributed by atoms with E-state index < -0.39 is 0 Å². The van der Waals surface area contributed by atoms with Gasteiger partial charge in [0.1, 0.15) is 0 Å². The number of benzene rings is 2. The lowest BCUT2D eigenvalue weighted by molar-refractivity contribution is 0.254. The molecule has 3 N–H and O–H groups in total. The average Bonchev–Trinajstić information content (AvgIpc) is 2.38. The fourth-order valence-corrected chi connectivity index (χ4v) is 1.75. The highest BCUT2D eigenvalue weighted by atomic mass is 35.5. The monoisotopic (exact) mass is 275 g/mol. The van der Waals surface area contributed by atoms with Gasteiger partial charge in [-0.15, -0.1) is 0 Å². The molecular formula is C14H14ClN3O. The lowest BCUT2D eigenvalue weighted by atomic mass is 10.2. The molecule has 0 aliphatic heterocycles. The molecule has 2 aromatic carbocycles. The molecule has 0 unspecified atom stereocenters. The molecule has 19 heavy (non-hydrogen) atoms. The fourth-order valence-electron chi connectivity index (χ4n) is 1.57. The van der Waals surface area contributed by atoms with Crippen LogP contribution in [0.15, 0.2) is 48.5 Å². The molecule has 0 bridgehead atoms. The van der Waals surface area contributed by atoms with Crippen molar-refractivity contribution < 1.29 is 4.79 Å². The first kappa shape index (κ1) is 13.2. The number of hydrogen-bond acceptors (Lipinski definition) is 2. The molecule has 2 aromatic rings. The second kappa shape index (κ2) is 6.11. The smallest absolute Gasteiger partial charge is 0.307 e. The molecule has 0 saturated heterocycles. The van der Waals surface area contributed by atoms with Gasteiger partial charge in [0.2, 0.25) is 0 Å². The number of carbonyl (C=O) groups excluding carboxylic acids is 1. The van der Waals surface area contributed by atoms with Crippen molar-refractivity contribution in [3.05, 3.63) is 59.1 Å². The number of anilines is 2. The van der Waals surface area contributed by atoms with E-state index in [4.69, 9.17) is 11.6 Å². The first-order chi connectivity index (χ1) is 9.15. The number of halogens is 1. The molecule has 2 amide bonds. The molecule has 0 spiro atoms. The number of rotatable bonds is 3. The van der Waals surface area contributed by atoms with Gasteiger partial charge in [-0.25, -0.2) is 4.79 Å². The summed E-state index contributed by atoms with van der Waals surface area (Å²) in [7, 11) is 0. The molecule has 0 aromatic heterocycles. The van der Waals surface area contributed by atoms with Crippen molar-refractivity contribution >= 4 is 29.0 Å². The highest BCUT2D eigenvalue weighted by Crippen LogP contribution is 2.19. The van der Waals surface area contributed by atoms with Crippen LogP contribution >= 0.6 is 11.6 Å². The first-order valence-corrected chi connectivity index (χ1v) is 6.17. The summed E-state index contributed by atoms with van der Waals surface area (Å²) in [5.41, 5.74) is 7.73. The summed E-state index contributed by atoms with van der Waals surface area (Å²) in [5, 5.41) is 3.26. The van der Waals surface area contributed by atoms with Crippen LogP contribution in [0.25, 0.3) is 0 Å². The molecule has 0 atom stereocenters. The van der Waals surface area contributed by atoms with Crippen LogP contribution in [0.2, 0.25) is 5.02 Å². The van der Waals surface area contributed by atoms with Gasteiger partial charge in [-0.2, -0.15) is 0 Å². The molecule has 5 heteroatoms. The highest BCUT2D eigenvalue weighted by molar-refractivity contribution is 6.33. The summed E-state index contributed by atoms with van der Waals surface area (Å²) in [6.07, 6.45) is 0. The Bertz CT molecular complexity index is 586. The van der Waals surface area contributed by atoms with Crippen LogP contribution in [0.3, 0.4) is 0 Å². The van der Waals surface area contributed by atoms with Gasteiger partial charge in [0.25, 0.3) is 0 Å².